The van der Waals surface area contributed by atoms with Gasteiger partial charge in [0.25, 0.3) is 0 Å². The van der Waals surface area contributed by atoms with Crippen molar-refractivity contribution in [1.29, 1.82) is 0 Å². The Morgan fingerprint density at radius 3 is 2.24 bits per heavy atom. The van der Waals surface area contributed by atoms with E-state index >= 15 is 0 Å². The fourth-order valence-electron chi connectivity index (χ4n) is 4.70. The molecule has 6 nitrogen and oxygen atoms in total. The zero-order valence-electron chi connectivity index (χ0n) is 23.5. The lowest BCUT2D eigenvalue weighted by Gasteiger charge is -2.24. The van der Waals surface area contributed by atoms with Gasteiger partial charge in [-0.2, -0.15) is 0 Å². The van der Waals surface area contributed by atoms with E-state index in [1.807, 2.05) is 87.5 Å². The van der Waals surface area contributed by atoms with E-state index < -0.39 is 11.7 Å². The SMILES string of the molecule is CC(C)(C)OC(=O)N[C@H](CNc1cccc(-c2cc3ccccc3oc2=O)c1)Cc1ccc(-c2ccccc2)cc1. The molecular weight excluding hydrogens is 512 g/mol. The van der Waals surface area contributed by atoms with Crippen LogP contribution in [-0.4, -0.2) is 24.3 Å². The summed E-state index contributed by atoms with van der Waals surface area (Å²) in [6, 6.07) is 35.3. The Kier molecular flexibility index (Phi) is 8.20. The molecule has 0 radical (unpaired) electrons. The average molecular weight is 547 g/mol. The molecule has 4 aromatic carbocycles. The number of alkyl carbamates (subject to hydrolysis) is 1. The number of para-hydroxylation sites is 1. The highest BCUT2D eigenvalue weighted by atomic mass is 16.6. The minimum atomic E-state index is -0.603. The predicted octanol–water partition coefficient (Wildman–Crippen LogP) is 7.67. The fraction of sp³-hybridized carbons (Fsp3) is 0.200. The van der Waals surface area contributed by atoms with Gasteiger partial charge in [-0.05, 0) is 73.7 Å². The number of hydrogen-bond acceptors (Lipinski definition) is 5. The van der Waals surface area contributed by atoms with E-state index in [9.17, 15) is 9.59 Å². The highest BCUT2D eigenvalue weighted by Gasteiger charge is 2.20. The maximum absolute atomic E-state index is 12.7. The molecule has 1 aromatic heterocycles. The molecule has 1 atom stereocenters. The summed E-state index contributed by atoms with van der Waals surface area (Å²) in [6.45, 7) is 5.99. The van der Waals surface area contributed by atoms with Crippen molar-refractivity contribution in [2.45, 2.75) is 38.8 Å². The lowest BCUT2D eigenvalue weighted by molar-refractivity contribution is 0.0507. The van der Waals surface area contributed by atoms with Gasteiger partial charge in [-0.3, -0.25) is 0 Å². The van der Waals surface area contributed by atoms with Gasteiger partial charge in [-0.1, -0.05) is 84.9 Å². The molecule has 6 heteroatoms. The van der Waals surface area contributed by atoms with Gasteiger partial charge >= 0.3 is 11.7 Å². The molecule has 0 saturated heterocycles. The molecule has 0 spiro atoms. The highest BCUT2D eigenvalue weighted by molar-refractivity contribution is 5.82. The minimum Gasteiger partial charge on any atom is -0.444 e. The fourth-order valence-corrected chi connectivity index (χ4v) is 4.70. The number of hydrogen-bond donors (Lipinski definition) is 2. The molecule has 1 heterocycles. The standard InChI is InChI=1S/C35H34N2O4/c1-35(2,3)41-34(39)37-30(20-24-16-18-26(19-17-24)25-10-5-4-6-11-25)23-36-29-14-9-13-27(21-29)31-22-28-12-7-8-15-32(28)40-33(31)38/h4-19,21-22,30,36H,20,23H2,1-3H3,(H,37,39)/t30-/m0/s1. The van der Waals surface area contributed by atoms with E-state index in [0.717, 1.165) is 33.3 Å². The van der Waals surface area contributed by atoms with E-state index in [1.54, 1.807) is 6.07 Å². The molecule has 0 aliphatic carbocycles. The largest absolute Gasteiger partial charge is 0.444 e. The van der Waals surface area contributed by atoms with Gasteiger partial charge in [0.05, 0.1) is 11.6 Å². The molecule has 0 fully saturated rings. The molecule has 0 unspecified atom stereocenters. The highest BCUT2D eigenvalue weighted by Crippen LogP contribution is 2.24. The molecular formula is C35H34N2O4. The summed E-state index contributed by atoms with van der Waals surface area (Å²) < 4.78 is 11.1. The molecule has 0 aliphatic rings. The summed E-state index contributed by atoms with van der Waals surface area (Å²) >= 11 is 0. The summed E-state index contributed by atoms with van der Waals surface area (Å²) in [5.74, 6) is 0. The summed E-state index contributed by atoms with van der Waals surface area (Å²) in [4.78, 5) is 25.4. The van der Waals surface area contributed by atoms with Crippen LogP contribution in [0.3, 0.4) is 0 Å². The van der Waals surface area contributed by atoms with Gasteiger partial charge in [0.15, 0.2) is 0 Å². The molecule has 0 aliphatic heterocycles. The van der Waals surface area contributed by atoms with E-state index in [1.165, 1.54) is 0 Å². The number of anilines is 1. The van der Waals surface area contributed by atoms with Crippen molar-refractivity contribution in [3.05, 3.63) is 125 Å². The molecule has 0 bridgehead atoms. The third kappa shape index (κ3) is 7.42. The molecule has 5 rings (SSSR count). The normalized spacial score (nSPS) is 12.1. The van der Waals surface area contributed by atoms with Crippen LogP contribution in [0.15, 0.2) is 118 Å². The van der Waals surface area contributed by atoms with E-state index in [4.69, 9.17) is 9.15 Å². The molecule has 5 aromatic rings. The topological polar surface area (TPSA) is 80.6 Å². The first-order chi connectivity index (χ1) is 19.7. The Labute approximate surface area is 240 Å². The molecule has 1 amide bonds. The van der Waals surface area contributed by atoms with Crippen LogP contribution in [0.2, 0.25) is 0 Å². The second kappa shape index (κ2) is 12.1. The zero-order valence-corrected chi connectivity index (χ0v) is 23.5. The van der Waals surface area contributed by atoms with Crippen molar-refractivity contribution in [1.82, 2.24) is 5.32 Å². The first-order valence-corrected chi connectivity index (χ1v) is 13.7. The second-order valence-electron chi connectivity index (χ2n) is 11.1. The summed E-state index contributed by atoms with van der Waals surface area (Å²) in [6.07, 6.45) is 0.141. The first-order valence-electron chi connectivity index (χ1n) is 13.7. The Morgan fingerprint density at radius 1 is 0.805 bits per heavy atom. The van der Waals surface area contributed by atoms with Crippen LogP contribution >= 0.6 is 0 Å². The number of amides is 1. The van der Waals surface area contributed by atoms with E-state index in [0.29, 0.717) is 24.1 Å². The Bertz CT molecular complexity index is 1690. The lowest BCUT2D eigenvalue weighted by Crippen LogP contribution is -2.43. The lowest BCUT2D eigenvalue weighted by atomic mass is 10.0. The van der Waals surface area contributed by atoms with Gasteiger partial charge in [0.2, 0.25) is 0 Å². The number of carbonyl (C=O) groups is 1. The maximum atomic E-state index is 12.7. The van der Waals surface area contributed by atoms with Crippen molar-refractivity contribution in [3.8, 4) is 22.3 Å². The number of rotatable bonds is 8. The van der Waals surface area contributed by atoms with Crippen LogP contribution < -0.4 is 16.3 Å². The van der Waals surface area contributed by atoms with Crippen molar-refractivity contribution in [2.75, 3.05) is 11.9 Å². The van der Waals surface area contributed by atoms with Crippen molar-refractivity contribution >= 4 is 22.7 Å². The van der Waals surface area contributed by atoms with Crippen molar-refractivity contribution in [3.63, 3.8) is 0 Å². The Morgan fingerprint density at radius 2 is 1.49 bits per heavy atom. The number of fused-ring (bicyclic) bond motifs is 1. The van der Waals surface area contributed by atoms with Gasteiger partial charge in [0, 0.05) is 17.6 Å². The summed E-state index contributed by atoms with van der Waals surface area (Å²) in [7, 11) is 0. The van der Waals surface area contributed by atoms with Crippen molar-refractivity contribution < 1.29 is 13.9 Å². The van der Waals surface area contributed by atoms with Crippen LogP contribution in [0.1, 0.15) is 26.3 Å². The predicted molar refractivity (Wildman–Crippen MR) is 165 cm³/mol. The molecule has 0 saturated carbocycles. The zero-order chi connectivity index (χ0) is 28.8. The number of carbonyl (C=O) groups excluding carboxylic acids is 1. The van der Waals surface area contributed by atoms with E-state index in [2.05, 4.69) is 47.0 Å². The summed E-state index contributed by atoms with van der Waals surface area (Å²) in [5.41, 5.74) is 5.03. The molecule has 208 valence electrons. The third-order valence-corrected chi connectivity index (χ3v) is 6.63. The van der Waals surface area contributed by atoms with Gasteiger partial charge < -0.3 is 19.8 Å². The van der Waals surface area contributed by atoms with Crippen LogP contribution in [0.25, 0.3) is 33.2 Å². The maximum Gasteiger partial charge on any atom is 0.407 e. The quantitative estimate of drug-likeness (QED) is 0.195. The van der Waals surface area contributed by atoms with Crippen LogP contribution in [-0.2, 0) is 11.2 Å². The van der Waals surface area contributed by atoms with E-state index in [-0.39, 0.29) is 11.7 Å². The third-order valence-electron chi connectivity index (χ3n) is 6.63. The smallest absolute Gasteiger partial charge is 0.407 e. The van der Waals surface area contributed by atoms with Gasteiger partial charge in [0.1, 0.15) is 11.2 Å². The molecule has 41 heavy (non-hydrogen) atoms. The minimum absolute atomic E-state index is 0.248. The number of benzene rings is 4. The summed E-state index contributed by atoms with van der Waals surface area (Å²) in [5, 5.41) is 7.32. The molecule has 2 N–H and O–H groups in total. The number of nitrogens with one attached hydrogen (secondary N) is 2. The van der Waals surface area contributed by atoms with Crippen LogP contribution in [0.5, 0.6) is 0 Å². The first kappa shape index (κ1) is 27.7. The monoisotopic (exact) mass is 546 g/mol. The Balaban J connectivity index is 1.33. The van der Waals surface area contributed by atoms with Crippen LogP contribution in [0.4, 0.5) is 10.5 Å². The Hall–Kier alpha value is -4.84. The second-order valence-corrected chi connectivity index (χ2v) is 11.1. The van der Waals surface area contributed by atoms with Crippen LogP contribution in [0, 0.1) is 0 Å². The van der Waals surface area contributed by atoms with Crippen molar-refractivity contribution in [2.24, 2.45) is 0 Å². The van der Waals surface area contributed by atoms with Gasteiger partial charge in [-0.15, -0.1) is 0 Å². The van der Waals surface area contributed by atoms with Gasteiger partial charge in [-0.25, -0.2) is 9.59 Å². The number of ether oxygens (including phenoxy) is 1. The average Bonchev–Trinajstić information content (AvgIpc) is 2.95.